The van der Waals surface area contributed by atoms with E-state index in [2.05, 4.69) is 17.0 Å². The molecule has 38 heavy (non-hydrogen) atoms. The maximum absolute atomic E-state index is 15.9. The first-order valence-electron chi connectivity index (χ1n) is 12.4. The van der Waals surface area contributed by atoms with E-state index in [1.54, 1.807) is 42.6 Å². The highest BCUT2D eigenvalue weighted by molar-refractivity contribution is 5.51. The van der Waals surface area contributed by atoms with Gasteiger partial charge in [0.1, 0.15) is 17.7 Å². The van der Waals surface area contributed by atoms with E-state index in [4.69, 9.17) is 10.1 Å². The molecule has 2 unspecified atom stereocenters. The number of halogens is 2. The van der Waals surface area contributed by atoms with E-state index >= 15 is 4.39 Å². The van der Waals surface area contributed by atoms with Crippen molar-refractivity contribution in [3.63, 3.8) is 0 Å². The Balaban J connectivity index is 1.38. The van der Waals surface area contributed by atoms with Crippen LogP contribution >= 0.6 is 0 Å². The molecule has 0 spiro atoms. The number of nitrogens with one attached hydrogen (secondary N) is 2. The van der Waals surface area contributed by atoms with Crippen LogP contribution in [0.4, 0.5) is 14.5 Å². The molecule has 0 aromatic heterocycles. The lowest BCUT2D eigenvalue weighted by Gasteiger charge is -2.46. The monoisotopic (exact) mass is 511 g/mol. The standard InChI is InChI=1S/C30H27F2N5O/c1-30(32,15-21-12-22(18-34)14-26(31)13-21)16-25-19-35-29(25)28(23-4-2-20(17-33)3-5-23)24-6-8-27(9-7-24)37-10-11-38-36-37/h2-14,25,28-29,35-36H,15-16,19H2,1H3/t25?,28-,29+,30?/m0/s1. The average Bonchev–Trinajstić information content (AvgIpc) is 3.44. The van der Waals surface area contributed by atoms with Crippen LogP contribution in [0.1, 0.15) is 47.1 Å². The van der Waals surface area contributed by atoms with Crippen LogP contribution in [-0.2, 0) is 11.3 Å². The van der Waals surface area contributed by atoms with Crippen molar-refractivity contribution >= 4 is 5.69 Å². The zero-order valence-electron chi connectivity index (χ0n) is 20.9. The molecule has 192 valence electrons. The van der Waals surface area contributed by atoms with Gasteiger partial charge >= 0.3 is 0 Å². The molecule has 1 saturated heterocycles. The number of benzene rings is 3. The molecule has 0 amide bonds. The van der Waals surface area contributed by atoms with Crippen LogP contribution in [0.25, 0.3) is 0 Å². The molecule has 0 bridgehead atoms. The molecule has 0 saturated carbocycles. The van der Waals surface area contributed by atoms with Crippen molar-refractivity contribution in [3.05, 3.63) is 113 Å². The van der Waals surface area contributed by atoms with Crippen LogP contribution in [0.3, 0.4) is 0 Å². The van der Waals surface area contributed by atoms with Crippen molar-refractivity contribution in [1.29, 1.82) is 10.5 Å². The summed E-state index contributed by atoms with van der Waals surface area (Å²) in [7, 11) is 0. The van der Waals surface area contributed by atoms with E-state index in [9.17, 15) is 9.65 Å². The normalized spacial score (nSPS) is 20.5. The molecule has 2 aliphatic rings. The fraction of sp³-hybridized carbons (Fsp3) is 0.267. The van der Waals surface area contributed by atoms with Gasteiger partial charge in [-0.3, -0.25) is 0 Å². The first kappa shape index (κ1) is 25.4. The summed E-state index contributed by atoms with van der Waals surface area (Å²) in [5, 5.41) is 23.7. The highest BCUT2D eigenvalue weighted by atomic mass is 19.1. The molecular formula is C30H27F2N5O. The minimum atomic E-state index is -1.58. The van der Waals surface area contributed by atoms with Crippen LogP contribution in [0.2, 0.25) is 0 Å². The van der Waals surface area contributed by atoms with Crippen LogP contribution < -0.4 is 15.9 Å². The smallest absolute Gasteiger partial charge is 0.131 e. The number of rotatable bonds is 8. The topological polar surface area (TPSA) is 84.1 Å². The molecule has 0 aliphatic carbocycles. The molecule has 8 heteroatoms. The van der Waals surface area contributed by atoms with Crippen molar-refractivity contribution in [2.24, 2.45) is 5.92 Å². The van der Waals surface area contributed by atoms with E-state index in [0.717, 1.165) is 22.9 Å². The maximum Gasteiger partial charge on any atom is 0.131 e. The zero-order valence-corrected chi connectivity index (χ0v) is 20.9. The first-order chi connectivity index (χ1) is 18.3. The van der Waals surface area contributed by atoms with Gasteiger partial charge in [-0.15, -0.1) is 0 Å². The molecule has 2 aliphatic heterocycles. The molecule has 3 aromatic carbocycles. The molecule has 3 aromatic rings. The SMILES string of the molecule is CC(F)(Cc1cc(F)cc(C#N)c1)CC1CN[C@H]1[C@@H](c1ccc(C#N)cc1)c1ccc(N2C=CON2)cc1. The van der Waals surface area contributed by atoms with Gasteiger partial charge < -0.3 is 10.2 Å². The second kappa shape index (κ2) is 10.6. The Labute approximate surface area is 220 Å². The summed E-state index contributed by atoms with van der Waals surface area (Å²) in [5.74, 6) is -0.566. The Kier molecular flexibility index (Phi) is 7.11. The minimum absolute atomic E-state index is 0.0251. The van der Waals surface area contributed by atoms with Crippen LogP contribution in [0.15, 0.2) is 79.2 Å². The Morgan fingerprint density at radius 2 is 1.71 bits per heavy atom. The highest BCUT2D eigenvalue weighted by Gasteiger charge is 2.42. The molecule has 1 fully saturated rings. The van der Waals surface area contributed by atoms with E-state index in [0.29, 0.717) is 17.7 Å². The first-order valence-corrected chi connectivity index (χ1v) is 12.4. The highest BCUT2D eigenvalue weighted by Crippen LogP contribution is 2.40. The summed E-state index contributed by atoms with van der Waals surface area (Å²) in [4.78, 5) is 5.05. The van der Waals surface area contributed by atoms with Crippen molar-refractivity contribution in [1.82, 2.24) is 10.9 Å². The van der Waals surface area contributed by atoms with Gasteiger partial charge in [0.05, 0.1) is 35.2 Å². The third kappa shape index (κ3) is 5.52. The molecule has 2 N–H and O–H groups in total. The molecule has 2 heterocycles. The van der Waals surface area contributed by atoms with E-state index in [-0.39, 0.29) is 36.3 Å². The maximum atomic E-state index is 15.9. The molecule has 5 rings (SSSR count). The minimum Gasteiger partial charge on any atom is -0.395 e. The predicted octanol–water partition coefficient (Wildman–Crippen LogP) is 5.38. The Bertz CT molecular complexity index is 1410. The van der Waals surface area contributed by atoms with Crippen LogP contribution in [0, 0.1) is 34.4 Å². The third-order valence-electron chi connectivity index (χ3n) is 7.19. The molecule has 6 nitrogen and oxygen atoms in total. The summed E-state index contributed by atoms with van der Waals surface area (Å²) in [6.45, 7) is 2.21. The van der Waals surface area contributed by atoms with E-state index in [1.165, 1.54) is 6.07 Å². The van der Waals surface area contributed by atoms with Gasteiger partial charge in [-0.05, 0) is 85.0 Å². The predicted molar refractivity (Wildman–Crippen MR) is 140 cm³/mol. The third-order valence-corrected chi connectivity index (χ3v) is 7.19. The molecule has 4 atom stereocenters. The van der Waals surface area contributed by atoms with Gasteiger partial charge in [-0.1, -0.05) is 29.9 Å². The largest absolute Gasteiger partial charge is 0.395 e. The van der Waals surface area contributed by atoms with Crippen LogP contribution in [-0.4, -0.2) is 18.3 Å². The quantitative estimate of drug-likeness (QED) is 0.423. The van der Waals surface area contributed by atoms with E-state index in [1.807, 2.05) is 42.5 Å². The Morgan fingerprint density at radius 3 is 2.29 bits per heavy atom. The van der Waals surface area contributed by atoms with Crippen molar-refractivity contribution in [3.8, 4) is 12.1 Å². The number of hydrogen-bond donors (Lipinski definition) is 2. The van der Waals surface area contributed by atoms with Gasteiger partial charge in [0.2, 0.25) is 0 Å². The van der Waals surface area contributed by atoms with Crippen molar-refractivity contribution < 1.29 is 13.6 Å². The molecule has 0 radical (unpaired) electrons. The summed E-state index contributed by atoms with van der Waals surface area (Å²) in [6, 6.07) is 23.7. The number of hydrazine groups is 1. The zero-order chi connectivity index (χ0) is 26.7. The van der Waals surface area contributed by atoms with Gasteiger partial charge in [0.15, 0.2) is 0 Å². The summed E-state index contributed by atoms with van der Waals surface area (Å²) in [5.41, 5.74) is 5.43. The second-order valence-corrected chi connectivity index (χ2v) is 10.1. The number of nitrogens with zero attached hydrogens (tertiary/aromatic N) is 3. The lowest BCUT2D eigenvalue weighted by molar-refractivity contribution is 0.0892. The number of hydrogen-bond acceptors (Lipinski definition) is 6. The average molecular weight is 512 g/mol. The fourth-order valence-corrected chi connectivity index (χ4v) is 5.43. The number of anilines is 1. The summed E-state index contributed by atoms with van der Waals surface area (Å²) in [6.07, 6.45) is 3.64. The lowest BCUT2D eigenvalue weighted by atomic mass is 9.71. The second-order valence-electron chi connectivity index (χ2n) is 10.1. The lowest BCUT2D eigenvalue weighted by Crippen LogP contribution is -2.57. The Hall–Kier alpha value is -4.24. The van der Waals surface area contributed by atoms with Gasteiger partial charge in [0.25, 0.3) is 0 Å². The summed E-state index contributed by atoms with van der Waals surface area (Å²) < 4.78 is 29.8. The van der Waals surface area contributed by atoms with Gasteiger partial charge in [0, 0.05) is 18.4 Å². The summed E-state index contributed by atoms with van der Waals surface area (Å²) >= 11 is 0. The van der Waals surface area contributed by atoms with Crippen LogP contribution in [0.5, 0.6) is 0 Å². The van der Waals surface area contributed by atoms with Gasteiger partial charge in [-0.2, -0.15) is 10.5 Å². The van der Waals surface area contributed by atoms with E-state index < -0.39 is 11.5 Å². The van der Waals surface area contributed by atoms with Crippen molar-refractivity contribution in [2.45, 2.75) is 37.4 Å². The van der Waals surface area contributed by atoms with Gasteiger partial charge in [-0.25, -0.2) is 13.8 Å². The number of alkyl halides is 1. The van der Waals surface area contributed by atoms with Crippen molar-refractivity contribution in [2.75, 3.05) is 11.6 Å². The number of nitriles is 2. The fourth-order valence-electron chi connectivity index (χ4n) is 5.43. The molecular weight excluding hydrogens is 484 g/mol. The Morgan fingerprint density at radius 1 is 1.03 bits per heavy atom.